The fourth-order valence-corrected chi connectivity index (χ4v) is 2.05. The van der Waals surface area contributed by atoms with E-state index in [-0.39, 0.29) is 11.5 Å². The van der Waals surface area contributed by atoms with Crippen LogP contribution in [0, 0.1) is 6.92 Å². The Labute approximate surface area is 131 Å². The van der Waals surface area contributed by atoms with Crippen molar-refractivity contribution in [3.8, 4) is 0 Å². The van der Waals surface area contributed by atoms with E-state index in [1.807, 2.05) is 25.1 Å². The lowest BCUT2D eigenvalue weighted by Crippen LogP contribution is -2.19. The van der Waals surface area contributed by atoms with Gasteiger partial charge in [-0.3, -0.25) is 4.98 Å². The molecule has 0 saturated carbocycles. The van der Waals surface area contributed by atoms with Crippen molar-refractivity contribution in [3.05, 3.63) is 46.6 Å². The first-order valence-electron chi connectivity index (χ1n) is 7.01. The predicted molar refractivity (Wildman–Crippen MR) is 86.8 cm³/mol. The second kappa shape index (κ2) is 5.98. The zero-order chi connectivity index (χ0) is 15.6. The molecule has 0 fully saturated rings. The SMILES string of the molecule is Cc1c(Cl)nc(C(C)(C)C)nc1NC(C)c1ccccn1. The van der Waals surface area contributed by atoms with Crippen LogP contribution in [-0.2, 0) is 5.41 Å². The monoisotopic (exact) mass is 304 g/mol. The van der Waals surface area contributed by atoms with Crippen molar-refractivity contribution in [2.24, 2.45) is 0 Å². The lowest BCUT2D eigenvalue weighted by atomic mass is 9.95. The minimum absolute atomic E-state index is 0.0451. The van der Waals surface area contributed by atoms with Gasteiger partial charge in [0.25, 0.3) is 0 Å². The molecule has 0 aromatic carbocycles. The summed E-state index contributed by atoms with van der Waals surface area (Å²) in [6.07, 6.45) is 1.79. The van der Waals surface area contributed by atoms with Crippen molar-refractivity contribution in [1.82, 2.24) is 15.0 Å². The highest BCUT2D eigenvalue weighted by Crippen LogP contribution is 2.28. The van der Waals surface area contributed by atoms with E-state index in [0.29, 0.717) is 5.15 Å². The first-order chi connectivity index (χ1) is 9.79. The Hall–Kier alpha value is -1.68. The number of hydrogen-bond acceptors (Lipinski definition) is 4. The third-order valence-electron chi connectivity index (χ3n) is 3.24. The van der Waals surface area contributed by atoms with Gasteiger partial charge in [-0.1, -0.05) is 38.4 Å². The van der Waals surface area contributed by atoms with Gasteiger partial charge in [0, 0.05) is 17.2 Å². The van der Waals surface area contributed by atoms with Gasteiger partial charge in [0.2, 0.25) is 0 Å². The highest BCUT2D eigenvalue weighted by atomic mass is 35.5. The molecule has 0 aliphatic heterocycles. The molecular formula is C16H21ClN4. The van der Waals surface area contributed by atoms with E-state index >= 15 is 0 Å². The van der Waals surface area contributed by atoms with Gasteiger partial charge in [0.1, 0.15) is 16.8 Å². The number of halogens is 1. The van der Waals surface area contributed by atoms with Crippen LogP contribution in [0.5, 0.6) is 0 Å². The maximum absolute atomic E-state index is 6.25. The number of nitrogens with zero attached hydrogens (tertiary/aromatic N) is 3. The summed E-state index contributed by atoms with van der Waals surface area (Å²) in [5, 5.41) is 3.87. The van der Waals surface area contributed by atoms with Crippen molar-refractivity contribution in [3.63, 3.8) is 0 Å². The number of hydrogen-bond donors (Lipinski definition) is 1. The summed E-state index contributed by atoms with van der Waals surface area (Å²) in [6, 6.07) is 5.91. The first kappa shape index (κ1) is 15.7. The Balaban J connectivity index is 2.33. The van der Waals surface area contributed by atoms with Crippen molar-refractivity contribution in [1.29, 1.82) is 0 Å². The van der Waals surface area contributed by atoms with Crippen LogP contribution in [0.2, 0.25) is 5.15 Å². The summed E-state index contributed by atoms with van der Waals surface area (Å²) >= 11 is 6.25. The minimum Gasteiger partial charge on any atom is -0.362 e. The molecule has 2 rings (SSSR count). The van der Waals surface area contributed by atoms with Crippen LogP contribution in [0.15, 0.2) is 24.4 Å². The maximum atomic E-state index is 6.25. The van der Waals surface area contributed by atoms with E-state index in [0.717, 1.165) is 22.9 Å². The van der Waals surface area contributed by atoms with Gasteiger partial charge in [0.05, 0.1) is 11.7 Å². The van der Waals surface area contributed by atoms with E-state index in [1.165, 1.54) is 0 Å². The number of aromatic nitrogens is 3. The van der Waals surface area contributed by atoms with Gasteiger partial charge >= 0.3 is 0 Å². The molecule has 21 heavy (non-hydrogen) atoms. The van der Waals surface area contributed by atoms with Gasteiger partial charge in [-0.2, -0.15) is 0 Å². The quantitative estimate of drug-likeness (QED) is 0.859. The molecule has 1 atom stereocenters. The summed E-state index contributed by atoms with van der Waals surface area (Å²) in [6.45, 7) is 10.2. The van der Waals surface area contributed by atoms with Crippen LogP contribution in [0.3, 0.4) is 0 Å². The van der Waals surface area contributed by atoms with Crippen molar-refractivity contribution < 1.29 is 0 Å². The molecule has 2 aromatic rings. The summed E-state index contributed by atoms with van der Waals surface area (Å²) in [7, 11) is 0. The third kappa shape index (κ3) is 3.70. The predicted octanol–water partition coefficient (Wildman–Crippen LogP) is 4.30. The van der Waals surface area contributed by atoms with Gasteiger partial charge < -0.3 is 5.32 Å². The largest absolute Gasteiger partial charge is 0.362 e. The molecule has 0 aliphatic rings. The Morgan fingerprint density at radius 2 is 1.90 bits per heavy atom. The average Bonchev–Trinajstić information content (AvgIpc) is 2.43. The highest BCUT2D eigenvalue weighted by Gasteiger charge is 2.21. The highest BCUT2D eigenvalue weighted by molar-refractivity contribution is 6.30. The summed E-state index contributed by atoms with van der Waals surface area (Å²) in [5.74, 6) is 1.49. The Bertz CT molecular complexity index is 620. The molecule has 2 aromatic heterocycles. The molecule has 112 valence electrons. The fraction of sp³-hybridized carbons (Fsp3) is 0.438. The third-order valence-corrected chi connectivity index (χ3v) is 3.61. The molecule has 1 N–H and O–H groups in total. The van der Waals surface area contributed by atoms with E-state index in [4.69, 9.17) is 11.6 Å². The van der Waals surface area contributed by atoms with Crippen LogP contribution in [-0.4, -0.2) is 15.0 Å². The van der Waals surface area contributed by atoms with Crippen molar-refractivity contribution >= 4 is 17.4 Å². The number of nitrogens with one attached hydrogen (secondary N) is 1. The van der Waals surface area contributed by atoms with Crippen LogP contribution < -0.4 is 5.32 Å². The summed E-state index contributed by atoms with van der Waals surface area (Å²) < 4.78 is 0. The second-order valence-electron chi connectivity index (χ2n) is 6.18. The van der Waals surface area contributed by atoms with E-state index in [9.17, 15) is 0 Å². The van der Waals surface area contributed by atoms with Gasteiger partial charge in [-0.15, -0.1) is 0 Å². The van der Waals surface area contributed by atoms with Crippen LogP contribution in [0.1, 0.15) is 50.8 Å². The van der Waals surface area contributed by atoms with Crippen LogP contribution >= 0.6 is 11.6 Å². The molecule has 0 bridgehead atoms. The lowest BCUT2D eigenvalue weighted by molar-refractivity contribution is 0.545. The minimum atomic E-state index is -0.151. The molecule has 0 aliphatic carbocycles. The van der Waals surface area contributed by atoms with E-state index in [2.05, 4.69) is 48.0 Å². The Morgan fingerprint density at radius 3 is 2.48 bits per heavy atom. The zero-order valence-corrected chi connectivity index (χ0v) is 13.9. The van der Waals surface area contributed by atoms with Crippen LogP contribution in [0.4, 0.5) is 5.82 Å². The topological polar surface area (TPSA) is 50.7 Å². The molecule has 0 spiro atoms. The van der Waals surface area contributed by atoms with Gasteiger partial charge in [-0.25, -0.2) is 9.97 Å². The molecule has 4 nitrogen and oxygen atoms in total. The molecule has 5 heteroatoms. The van der Waals surface area contributed by atoms with Crippen molar-refractivity contribution in [2.45, 2.75) is 46.1 Å². The van der Waals surface area contributed by atoms with Crippen molar-refractivity contribution in [2.75, 3.05) is 5.32 Å². The van der Waals surface area contributed by atoms with E-state index < -0.39 is 0 Å². The summed E-state index contributed by atoms with van der Waals surface area (Å²) in [5.41, 5.74) is 1.67. The Morgan fingerprint density at radius 1 is 1.19 bits per heavy atom. The molecule has 2 heterocycles. The summed E-state index contributed by atoms with van der Waals surface area (Å²) in [4.78, 5) is 13.4. The standard InChI is InChI=1S/C16H21ClN4/c1-10-13(17)20-15(16(3,4)5)21-14(10)19-11(2)12-8-6-7-9-18-12/h6-9,11H,1-5H3,(H,19,20,21). The number of rotatable bonds is 3. The van der Waals surface area contributed by atoms with Crippen LogP contribution in [0.25, 0.3) is 0 Å². The Kier molecular flexibility index (Phi) is 4.47. The molecule has 0 saturated heterocycles. The average molecular weight is 305 g/mol. The maximum Gasteiger partial charge on any atom is 0.137 e. The normalized spacial score (nSPS) is 13.0. The zero-order valence-electron chi connectivity index (χ0n) is 13.1. The molecule has 1 unspecified atom stereocenters. The van der Waals surface area contributed by atoms with E-state index in [1.54, 1.807) is 6.20 Å². The molecular weight excluding hydrogens is 284 g/mol. The molecule has 0 radical (unpaired) electrons. The number of anilines is 1. The second-order valence-corrected chi connectivity index (χ2v) is 6.54. The molecule has 0 amide bonds. The lowest BCUT2D eigenvalue weighted by Gasteiger charge is -2.21. The number of pyridine rings is 1. The first-order valence-corrected chi connectivity index (χ1v) is 7.39. The smallest absolute Gasteiger partial charge is 0.137 e. The van der Waals surface area contributed by atoms with Gasteiger partial charge in [0.15, 0.2) is 0 Å². The van der Waals surface area contributed by atoms with Gasteiger partial charge in [-0.05, 0) is 26.0 Å². The fourth-order valence-electron chi connectivity index (χ4n) is 1.88.